The smallest absolute Gasteiger partial charge is 0.164 e. The van der Waals surface area contributed by atoms with Crippen molar-refractivity contribution in [1.29, 1.82) is 0 Å². The van der Waals surface area contributed by atoms with E-state index < -0.39 is 16.1 Å². The van der Waals surface area contributed by atoms with E-state index >= 15 is 0 Å². The van der Waals surface area contributed by atoms with Crippen LogP contribution in [0, 0.1) is 16.9 Å². The molecule has 0 amide bonds. The van der Waals surface area contributed by atoms with Crippen LogP contribution in [-0.2, 0) is 24.9 Å². The van der Waals surface area contributed by atoms with Crippen LogP contribution in [0.3, 0.4) is 0 Å². The Kier molecular flexibility index (Phi) is 14.6. The molecule has 0 aliphatic carbocycles. The fraction of sp³-hybridized carbons (Fsp3) is 0.429. The van der Waals surface area contributed by atoms with Crippen LogP contribution in [0.2, 0.25) is 39.3 Å². The molecule has 0 aliphatic rings. The summed E-state index contributed by atoms with van der Waals surface area (Å²) in [5.74, 6) is 0.286. The number of nitrogens with zero attached hydrogens (tertiary/aromatic N) is 1. The van der Waals surface area contributed by atoms with Gasteiger partial charge in [0, 0.05) is 50.5 Å². The van der Waals surface area contributed by atoms with Crippen molar-refractivity contribution in [2.45, 2.75) is 107 Å². The van der Waals surface area contributed by atoms with Crippen molar-refractivity contribution in [2.24, 2.45) is 10.8 Å². The summed E-state index contributed by atoms with van der Waals surface area (Å²) in [5, 5.41) is 14.3. The zero-order valence-corrected chi connectivity index (χ0v) is 35.9. The number of fused-ring (bicyclic) bond motifs is 1. The predicted octanol–water partition coefficient (Wildman–Crippen LogP) is 11.1. The minimum absolute atomic E-state index is 0. The fourth-order valence-corrected chi connectivity index (χ4v) is 7.67. The van der Waals surface area contributed by atoms with Gasteiger partial charge in [-0.2, -0.15) is 0 Å². The third-order valence-electron chi connectivity index (χ3n) is 10.3. The van der Waals surface area contributed by atoms with E-state index in [2.05, 4.69) is 118 Å². The maximum atomic E-state index is 12.2. The summed E-state index contributed by atoms with van der Waals surface area (Å²) >= 11 is 0. The average Bonchev–Trinajstić information content (AvgIpc) is 3.06. The number of allylic oxidation sites excluding steroid dienone is 2. The number of hydrogen-bond acceptors (Lipinski definition) is 3. The molecule has 0 atom stereocenters. The molecular formula is C42H58IrNO2Si2-. The number of aromatic nitrogens is 1. The number of benzene rings is 3. The van der Waals surface area contributed by atoms with Gasteiger partial charge in [-0.1, -0.05) is 135 Å². The molecule has 261 valence electrons. The first-order valence-electron chi connectivity index (χ1n) is 17.4. The molecule has 0 spiro atoms. The van der Waals surface area contributed by atoms with Crippen LogP contribution in [0.4, 0.5) is 0 Å². The van der Waals surface area contributed by atoms with E-state index in [0.717, 1.165) is 42.5 Å². The molecule has 3 nitrogen and oxygen atoms in total. The molecule has 48 heavy (non-hydrogen) atoms. The van der Waals surface area contributed by atoms with E-state index in [-0.39, 0.29) is 42.5 Å². The maximum absolute atomic E-state index is 12.2. The van der Waals surface area contributed by atoms with Crippen molar-refractivity contribution >= 4 is 43.2 Å². The Labute approximate surface area is 307 Å². The Bertz CT molecular complexity index is 1680. The van der Waals surface area contributed by atoms with Crippen LogP contribution < -0.4 is 10.4 Å². The Balaban J connectivity index is 0.000000384. The van der Waals surface area contributed by atoms with E-state index in [9.17, 15) is 9.90 Å². The molecule has 3 aromatic carbocycles. The van der Waals surface area contributed by atoms with Gasteiger partial charge in [0.2, 0.25) is 0 Å². The Morgan fingerprint density at radius 3 is 1.79 bits per heavy atom. The molecule has 0 saturated carbocycles. The van der Waals surface area contributed by atoms with E-state index in [1.165, 1.54) is 33.0 Å². The summed E-state index contributed by atoms with van der Waals surface area (Å²) in [6, 6.07) is 29.9. The number of rotatable bonds is 11. The third kappa shape index (κ3) is 9.97. The summed E-state index contributed by atoms with van der Waals surface area (Å²) in [6.07, 6.45) is 4.75. The van der Waals surface area contributed by atoms with Crippen molar-refractivity contribution in [3.63, 3.8) is 0 Å². The third-order valence-corrected chi connectivity index (χ3v) is 14.4. The van der Waals surface area contributed by atoms with Gasteiger partial charge in [-0.05, 0) is 48.6 Å². The molecule has 0 fully saturated rings. The van der Waals surface area contributed by atoms with E-state index in [1.54, 1.807) is 0 Å². The second-order valence-electron chi connectivity index (χ2n) is 15.6. The van der Waals surface area contributed by atoms with Crippen molar-refractivity contribution in [2.75, 3.05) is 0 Å². The Morgan fingerprint density at radius 2 is 1.31 bits per heavy atom. The Morgan fingerprint density at radius 1 is 0.771 bits per heavy atom. The van der Waals surface area contributed by atoms with Gasteiger partial charge in [-0.25, -0.2) is 0 Å². The van der Waals surface area contributed by atoms with Crippen LogP contribution in [0.1, 0.15) is 67.2 Å². The van der Waals surface area contributed by atoms with E-state index in [4.69, 9.17) is 4.98 Å². The topological polar surface area (TPSA) is 50.2 Å². The van der Waals surface area contributed by atoms with Crippen molar-refractivity contribution < 1.29 is 30.0 Å². The van der Waals surface area contributed by atoms with Gasteiger partial charge in [0.05, 0.1) is 13.6 Å². The summed E-state index contributed by atoms with van der Waals surface area (Å²) in [5.41, 5.74) is 4.98. The number of pyridine rings is 1. The minimum atomic E-state index is -1.41. The first-order chi connectivity index (χ1) is 21.9. The molecule has 1 heterocycles. The zero-order valence-electron chi connectivity index (χ0n) is 31.5. The molecule has 1 aromatic heterocycles. The zero-order chi connectivity index (χ0) is 35.2. The standard InChI is InChI=1S/C27H30NSi2.C15H28O2.Ir/c1-29(2,3)22-14-12-21(13-15-22)27-19-24(20-10-8-7-9-11-20)25-18-23(30(4,5)6)16-17-26(25)28-27;1-7-14(5,8-2)12(16)11-13(17)15(6,9-3)10-4;/h7-12,14-19H,1-6H3;11,16H,7-10H2,1-6H3;/q-1;;/b;12-11-;. The largest absolute Gasteiger partial charge is 0.512 e. The quantitative estimate of drug-likeness (QED) is 0.0708. The summed E-state index contributed by atoms with van der Waals surface area (Å²) in [6.45, 7) is 26.4. The molecule has 4 aromatic rings. The Hall–Kier alpha value is -2.64. The SMILES string of the molecule is CCC(C)(CC)C(=O)/C=C(\O)C(C)(CC)CC.C[Si](C)(C)c1c[c-]c(-c2cc(-c3ccccc3)c3cc([Si](C)(C)C)ccc3n2)cc1.[Ir]. The summed E-state index contributed by atoms with van der Waals surface area (Å²) < 4.78 is 0. The number of aliphatic hydroxyl groups is 1. The molecule has 1 radical (unpaired) electrons. The second kappa shape index (κ2) is 16.8. The monoisotopic (exact) mass is 857 g/mol. The van der Waals surface area contributed by atoms with E-state index in [1.807, 2.05) is 41.5 Å². The van der Waals surface area contributed by atoms with Crippen LogP contribution in [0.5, 0.6) is 0 Å². The van der Waals surface area contributed by atoms with Crippen molar-refractivity contribution in [1.82, 2.24) is 4.98 Å². The first kappa shape index (κ1) is 41.5. The second-order valence-corrected chi connectivity index (χ2v) is 25.7. The van der Waals surface area contributed by atoms with Gasteiger partial charge in [-0.15, -0.1) is 35.0 Å². The van der Waals surface area contributed by atoms with Gasteiger partial charge >= 0.3 is 0 Å². The van der Waals surface area contributed by atoms with Gasteiger partial charge < -0.3 is 5.11 Å². The number of carbonyl (C=O) groups is 1. The molecule has 0 saturated heterocycles. The minimum Gasteiger partial charge on any atom is -0.512 e. The molecule has 0 aliphatic heterocycles. The number of ketones is 1. The van der Waals surface area contributed by atoms with Gasteiger partial charge in [-0.3, -0.25) is 9.78 Å². The molecule has 4 rings (SSSR count). The molecule has 0 unspecified atom stereocenters. The molecule has 1 N–H and O–H groups in total. The molecular weight excluding hydrogens is 799 g/mol. The van der Waals surface area contributed by atoms with Crippen LogP contribution >= 0.6 is 0 Å². The first-order valence-corrected chi connectivity index (χ1v) is 24.4. The molecule has 6 heteroatoms. The van der Waals surface area contributed by atoms with E-state index in [0.29, 0.717) is 0 Å². The predicted molar refractivity (Wildman–Crippen MR) is 211 cm³/mol. The summed E-state index contributed by atoms with van der Waals surface area (Å²) in [7, 11) is -2.74. The van der Waals surface area contributed by atoms with Gasteiger partial charge in [0.25, 0.3) is 0 Å². The molecule has 0 bridgehead atoms. The van der Waals surface area contributed by atoms with Gasteiger partial charge in [0.15, 0.2) is 5.78 Å². The van der Waals surface area contributed by atoms with Crippen molar-refractivity contribution in [3.05, 3.63) is 90.7 Å². The number of aliphatic hydroxyl groups excluding tert-OH is 1. The van der Waals surface area contributed by atoms with Gasteiger partial charge in [0.1, 0.15) is 5.76 Å². The number of carbonyl (C=O) groups excluding carboxylic acids is 1. The van der Waals surface area contributed by atoms with Crippen LogP contribution in [0.15, 0.2) is 84.6 Å². The van der Waals surface area contributed by atoms with Crippen LogP contribution in [-0.4, -0.2) is 32.0 Å². The van der Waals surface area contributed by atoms with Crippen LogP contribution in [0.25, 0.3) is 33.3 Å². The van der Waals surface area contributed by atoms with Crippen molar-refractivity contribution in [3.8, 4) is 22.4 Å². The number of hydrogen-bond donors (Lipinski definition) is 1. The fourth-order valence-electron chi connectivity index (χ4n) is 5.42. The normalized spacial score (nSPS) is 12.6. The average molecular weight is 857 g/mol. The maximum Gasteiger partial charge on any atom is 0.164 e. The summed E-state index contributed by atoms with van der Waals surface area (Å²) in [4.78, 5) is 17.2.